The number of nitriles is 1. The van der Waals surface area contributed by atoms with E-state index in [2.05, 4.69) is 6.07 Å². The normalized spacial score (nSPS) is 28.6. The van der Waals surface area contributed by atoms with Crippen LogP contribution in [0.2, 0.25) is 0 Å². The van der Waals surface area contributed by atoms with Gasteiger partial charge in [-0.15, -0.1) is 0 Å². The Bertz CT molecular complexity index is 631. The maximum absolute atomic E-state index is 12.9. The van der Waals surface area contributed by atoms with Crippen molar-refractivity contribution in [3.63, 3.8) is 0 Å². The Kier molecular flexibility index (Phi) is 2.86. The summed E-state index contributed by atoms with van der Waals surface area (Å²) in [6.45, 7) is 2.62. The van der Waals surface area contributed by atoms with Gasteiger partial charge in [0.05, 0.1) is 17.4 Å². The molecule has 1 N–H and O–H groups in total. The summed E-state index contributed by atoms with van der Waals surface area (Å²) in [7, 11) is 0. The summed E-state index contributed by atoms with van der Waals surface area (Å²) in [5, 5.41) is 17.1. The third kappa shape index (κ3) is 1.53. The van der Waals surface area contributed by atoms with Gasteiger partial charge in [0.1, 0.15) is 0 Å². The molecule has 1 spiro atoms. The minimum atomic E-state index is -0.586. The molecule has 1 aliphatic heterocycles. The molecule has 1 saturated carbocycles. The third-order valence-corrected chi connectivity index (χ3v) is 4.63. The van der Waals surface area contributed by atoms with E-state index in [-0.39, 0.29) is 5.91 Å². The van der Waals surface area contributed by atoms with Crippen LogP contribution in [0.15, 0.2) is 24.3 Å². The van der Waals surface area contributed by atoms with Gasteiger partial charge in [0, 0.05) is 17.9 Å². The fourth-order valence-corrected chi connectivity index (χ4v) is 3.57. The van der Waals surface area contributed by atoms with E-state index in [0.29, 0.717) is 31.5 Å². The molecule has 0 unspecified atom stereocenters. The second kappa shape index (κ2) is 4.45. The standard InChI is InChI=1S/C16H17N3O/c1-2-19-14-6-4-3-5-12(14)16(15(19)20)8-7-13(18)11(9-16)10-17/h3-6,11,18H,2,7-9H2,1H3/t11-,16+/m0/s1. The molecule has 0 saturated heterocycles. The Labute approximate surface area is 118 Å². The van der Waals surface area contributed by atoms with E-state index in [1.54, 1.807) is 0 Å². The Morgan fingerprint density at radius 2 is 2.25 bits per heavy atom. The summed E-state index contributed by atoms with van der Waals surface area (Å²) in [4.78, 5) is 14.7. The lowest BCUT2D eigenvalue weighted by atomic mass is 9.66. The van der Waals surface area contributed by atoms with Crippen LogP contribution in [0, 0.1) is 22.7 Å². The molecule has 20 heavy (non-hydrogen) atoms. The van der Waals surface area contributed by atoms with Gasteiger partial charge in [-0.25, -0.2) is 0 Å². The van der Waals surface area contributed by atoms with Crippen LogP contribution in [0.1, 0.15) is 31.7 Å². The molecule has 1 aromatic carbocycles. The van der Waals surface area contributed by atoms with Crippen molar-refractivity contribution < 1.29 is 4.79 Å². The van der Waals surface area contributed by atoms with Crippen LogP contribution in [0.25, 0.3) is 0 Å². The highest BCUT2D eigenvalue weighted by molar-refractivity contribution is 6.09. The lowest BCUT2D eigenvalue weighted by Crippen LogP contribution is -2.45. The number of nitrogens with one attached hydrogen (secondary N) is 1. The van der Waals surface area contributed by atoms with Gasteiger partial charge >= 0.3 is 0 Å². The summed E-state index contributed by atoms with van der Waals surface area (Å²) in [5.41, 5.74) is 1.90. The van der Waals surface area contributed by atoms with E-state index in [0.717, 1.165) is 11.3 Å². The first kappa shape index (κ1) is 12.9. The average molecular weight is 267 g/mol. The van der Waals surface area contributed by atoms with E-state index in [1.807, 2.05) is 36.1 Å². The summed E-state index contributed by atoms with van der Waals surface area (Å²) < 4.78 is 0. The number of rotatable bonds is 1. The molecule has 3 rings (SSSR count). The van der Waals surface area contributed by atoms with Gasteiger partial charge in [0.25, 0.3) is 0 Å². The van der Waals surface area contributed by atoms with Gasteiger partial charge in [0.2, 0.25) is 5.91 Å². The van der Waals surface area contributed by atoms with Crippen LogP contribution >= 0.6 is 0 Å². The van der Waals surface area contributed by atoms with Crippen LogP contribution in [0.5, 0.6) is 0 Å². The van der Waals surface area contributed by atoms with Crippen LogP contribution < -0.4 is 4.90 Å². The second-order valence-corrected chi connectivity index (χ2v) is 5.56. The van der Waals surface area contributed by atoms with Gasteiger partial charge in [-0.1, -0.05) is 18.2 Å². The zero-order valence-corrected chi connectivity index (χ0v) is 11.5. The van der Waals surface area contributed by atoms with Gasteiger partial charge in [-0.2, -0.15) is 5.26 Å². The Balaban J connectivity index is 2.12. The van der Waals surface area contributed by atoms with Gasteiger partial charge in [-0.3, -0.25) is 4.79 Å². The first-order chi connectivity index (χ1) is 9.64. The molecule has 1 aromatic rings. The maximum atomic E-state index is 12.9. The minimum absolute atomic E-state index is 0.106. The number of anilines is 1. The highest BCUT2D eigenvalue weighted by atomic mass is 16.2. The van der Waals surface area contributed by atoms with E-state index in [4.69, 9.17) is 5.41 Å². The average Bonchev–Trinajstić information content (AvgIpc) is 2.71. The van der Waals surface area contributed by atoms with Crippen molar-refractivity contribution in [2.45, 2.75) is 31.6 Å². The molecule has 0 aromatic heterocycles. The SMILES string of the molecule is CCN1C(=O)[C@@]2(CCC(=N)[C@H](C#N)C2)c2ccccc21. The number of carbonyl (C=O) groups excluding carboxylic acids is 1. The Morgan fingerprint density at radius 1 is 1.50 bits per heavy atom. The predicted molar refractivity (Wildman–Crippen MR) is 76.8 cm³/mol. The number of nitrogens with zero attached hydrogens (tertiary/aromatic N) is 2. The van der Waals surface area contributed by atoms with Crippen LogP contribution in [0.4, 0.5) is 5.69 Å². The number of para-hydroxylation sites is 1. The highest BCUT2D eigenvalue weighted by Crippen LogP contribution is 2.50. The van der Waals surface area contributed by atoms with Crippen molar-refractivity contribution in [1.29, 1.82) is 10.7 Å². The van der Waals surface area contributed by atoms with Crippen LogP contribution in [-0.2, 0) is 10.2 Å². The van der Waals surface area contributed by atoms with Crippen molar-refractivity contribution in [1.82, 2.24) is 0 Å². The number of amides is 1. The molecule has 0 bridgehead atoms. The van der Waals surface area contributed by atoms with Gasteiger partial charge < -0.3 is 10.3 Å². The Morgan fingerprint density at radius 3 is 2.95 bits per heavy atom. The van der Waals surface area contributed by atoms with Crippen molar-refractivity contribution >= 4 is 17.3 Å². The van der Waals surface area contributed by atoms with E-state index in [9.17, 15) is 10.1 Å². The molecule has 4 heteroatoms. The number of benzene rings is 1. The molecule has 4 nitrogen and oxygen atoms in total. The summed E-state index contributed by atoms with van der Waals surface area (Å²) in [6, 6.07) is 10.1. The fourth-order valence-electron chi connectivity index (χ4n) is 3.57. The predicted octanol–water partition coefficient (Wildman–Crippen LogP) is 2.63. The summed E-state index contributed by atoms with van der Waals surface area (Å²) in [6.07, 6.45) is 1.64. The summed E-state index contributed by atoms with van der Waals surface area (Å²) in [5.74, 6) is -0.327. The molecule has 1 fully saturated rings. The highest BCUT2D eigenvalue weighted by Gasteiger charge is 2.53. The lowest BCUT2D eigenvalue weighted by molar-refractivity contribution is -0.124. The van der Waals surface area contributed by atoms with E-state index < -0.39 is 11.3 Å². The molecule has 1 aliphatic carbocycles. The second-order valence-electron chi connectivity index (χ2n) is 5.56. The number of hydrogen-bond donors (Lipinski definition) is 1. The van der Waals surface area contributed by atoms with Gasteiger partial charge in [-0.05, 0) is 37.8 Å². The van der Waals surface area contributed by atoms with Gasteiger partial charge in [0.15, 0.2) is 0 Å². The molecular weight excluding hydrogens is 250 g/mol. The van der Waals surface area contributed by atoms with Crippen LogP contribution in [0.3, 0.4) is 0 Å². The van der Waals surface area contributed by atoms with E-state index in [1.165, 1.54) is 0 Å². The smallest absolute Gasteiger partial charge is 0.237 e. The number of hydrogen-bond acceptors (Lipinski definition) is 3. The largest absolute Gasteiger partial charge is 0.312 e. The molecule has 2 atom stereocenters. The first-order valence-electron chi connectivity index (χ1n) is 7.02. The molecule has 1 heterocycles. The van der Waals surface area contributed by atoms with Crippen molar-refractivity contribution in [3.8, 4) is 6.07 Å². The monoisotopic (exact) mass is 267 g/mol. The molecule has 0 radical (unpaired) electrons. The molecular formula is C16H17N3O. The quantitative estimate of drug-likeness (QED) is 0.849. The number of likely N-dealkylation sites (N-methyl/N-ethyl adjacent to an activating group) is 1. The number of fused-ring (bicyclic) bond motifs is 2. The lowest BCUT2D eigenvalue weighted by Gasteiger charge is -2.35. The topological polar surface area (TPSA) is 68.0 Å². The first-order valence-corrected chi connectivity index (χ1v) is 7.02. The summed E-state index contributed by atoms with van der Waals surface area (Å²) >= 11 is 0. The third-order valence-electron chi connectivity index (χ3n) is 4.63. The molecule has 102 valence electrons. The molecule has 1 amide bonds. The van der Waals surface area contributed by atoms with Crippen molar-refractivity contribution in [2.24, 2.45) is 5.92 Å². The minimum Gasteiger partial charge on any atom is -0.312 e. The Hall–Kier alpha value is -2.15. The zero-order chi connectivity index (χ0) is 14.3. The molecule has 2 aliphatic rings. The van der Waals surface area contributed by atoms with E-state index >= 15 is 0 Å². The number of carbonyl (C=O) groups is 1. The maximum Gasteiger partial charge on any atom is 0.237 e. The van der Waals surface area contributed by atoms with Crippen LogP contribution in [-0.4, -0.2) is 18.2 Å². The van der Waals surface area contributed by atoms with Crippen molar-refractivity contribution in [2.75, 3.05) is 11.4 Å². The van der Waals surface area contributed by atoms with Crippen molar-refractivity contribution in [3.05, 3.63) is 29.8 Å². The zero-order valence-electron chi connectivity index (χ0n) is 11.5. The fraction of sp³-hybridized carbons (Fsp3) is 0.438.